The van der Waals surface area contributed by atoms with E-state index in [0.717, 1.165) is 5.56 Å². The highest BCUT2D eigenvalue weighted by molar-refractivity contribution is 6.30. The van der Waals surface area contributed by atoms with Crippen LogP contribution in [0.25, 0.3) is 0 Å². The molecule has 0 saturated carbocycles. The smallest absolute Gasteiger partial charge is 0.257 e. The molecule has 1 aromatic carbocycles. The number of hydrogen-bond donors (Lipinski definition) is 1. The normalized spacial score (nSPS) is 16.9. The van der Waals surface area contributed by atoms with Crippen LogP contribution >= 0.6 is 11.6 Å². The molecule has 25 heavy (non-hydrogen) atoms. The highest BCUT2D eigenvalue weighted by Gasteiger charge is 2.30. The molecule has 1 fully saturated rings. The number of aromatic nitrogens is 1. The first-order valence-corrected chi connectivity index (χ1v) is 8.41. The van der Waals surface area contributed by atoms with Crippen LogP contribution in [0, 0.1) is 5.21 Å². The van der Waals surface area contributed by atoms with Gasteiger partial charge >= 0.3 is 0 Å². The zero-order valence-electron chi connectivity index (χ0n) is 13.5. The molecular formula is C18H18ClN3O3. The maximum absolute atomic E-state index is 12.2. The molecule has 3 rings (SSSR count). The zero-order valence-corrected chi connectivity index (χ0v) is 14.3. The number of rotatable bonds is 5. The lowest BCUT2D eigenvalue weighted by atomic mass is 10.1. The fourth-order valence-corrected chi connectivity index (χ4v) is 3.11. The molecular weight excluding hydrogens is 342 g/mol. The van der Waals surface area contributed by atoms with Crippen LogP contribution in [-0.4, -0.2) is 35.8 Å². The van der Waals surface area contributed by atoms with Crippen molar-refractivity contribution >= 4 is 23.4 Å². The Hall–Kier alpha value is -2.60. The van der Waals surface area contributed by atoms with Crippen molar-refractivity contribution in [3.8, 4) is 0 Å². The van der Waals surface area contributed by atoms with Gasteiger partial charge < -0.3 is 15.4 Å². The molecule has 1 aromatic heterocycles. The van der Waals surface area contributed by atoms with Gasteiger partial charge in [-0.3, -0.25) is 9.59 Å². The van der Waals surface area contributed by atoms with Crippen LogP contribution in [0.15, 0.2) is 48.8 Å². The Morgan fingerprint density at radius 2 is 2.20 bits per heavy atom. The van der Waals surface area contributed by atoms with E-state index >= 15 is 0 Å². The lowest BCUT2D eigenvalue weighted by Gasteiger charge is -2.17. The van der Waals surface area contributed by atoms with Gasteiger partial charge in [0.1, 0.15) is 5.56 Å². The van der Waals surface area contributed by atoms with Gasteiger partial charge in [0, 0.05) is 30.6 Å². The van der Waals surface area contributed by atoms with Gasteiger partial charge in [0.25, 0.3) is 5.91 Å². The molecule has 0 spiro atoms. The average molecular weight is 360 g/mol. The molecule has 7 heteroatoms. The first kappa shape index (κ1) is 17.2. The van der Waals surface area contributed by atoms with Gasteiger partial charge in [-0.25, -0.2) is 0 Å². The Bertz CT molecular complexity index is 797. The number of benzene rings is 1. The molecule has 0 radical (unpaired) electrons. The van der Waals surface area contributed by atoms with Crippen molar-refractivity contribution in [3.63, 3.8) is 0 Å². The van der Waals surface area contributed by atoms with Gasteiger partial charge in [-0.15, -0.1) is 0 Å². The third kappa shape index (κ3) is 4.48. The number of hydrogen-bond acceptors (Lipinski definition) is 3. The van der Waals surface area contributed by atoms with Crippen LogP contribution < -0.4 is 10.0 Å². The van der Waals surface area contributed by atoms with Crippen molar-refractivity contribution in [3.05, 3.63) is 70.1 Å². The first-order valence-electron chi connectivity index (χ1n) is 8.03. The summed E-state index contributed by atoms with van der Waals surface area (Å²) < 4.78 is 0.575. The second-order valence-electron chi connectivity index (χ2n) is 6.05. The Morgan fingerprint density at radius 3 is 2.96 bits per heavy atom. The Labute approximate surface area is 150 Å². The Kier molecular flexibility index (Phi) is 5.19. The number of amides is 2. The minimum atomic E-state index is -0.348. The first-order chi connectivity index (χ1) is 12.0. The van der Waals surface area contributed by atoms with E-state index in [9.17, 15) is 14.8 Å². The molecule has 1 atom stereocenters. The standard InChI is InChI=1S/C18H18ClN3O3/c19-15-5-1-3-13(9-15)6-8-21-12-16(10-17(21)23)20-18(24)14-4-2-7-22(25)11-14/h1-5,7,9,11,16H,6,8,10,12H2,(H,20,24)/t16-/m0/s1. The highest BCUT2D eigenvalue weighted by Crippen LogP contribution is 2.15. The summed E-state index contributed by atoms with van der Waals surface area (Å²) in [5.74, 6) is -0.334. The number of carbonyl (C=O) groups excluding carboxylic acids is 2. The van der Waals surface area contributed by atoms with Crippen LogP contribution in [0.4, 0.5) is 0 Å². The van der Waals surface area contributed by atoms with Gasteiger partial charge in [0.2, 0.25) is 5.91 Å². The van der Waals surface area contributed by atoms with Gasteiger partial charge in [-0.05, 0) is 30.2 Å². The summed E-state index contributed by atoms with van der Waals surface area (Å²) in [6.07, 6.45) is 3.50. The summed E-state index contributed by atoms with van der Waals surface area (Å²) in [7, 11) is 0. The summed E-state index contributed by atoms with van der Waals surface area (Å²) in [5.41, 5.74) is 1.35. The van der Waals surface area contributed by atoms with Gasteiger partial charge in [0.05, 0.1) is 6.04 Å². The Balaban J connectivity index is 1.54. The van der Waals surface area contributed by atoms with Gasteiger partial charge in [-0.2, -0.15) is 4.73 Å². The van der Waals surface area contributed by atoms with Crippen molar-refractivity contribution < 1.29 is 14.3 Å². The second-order valence-corrected chi connectivity index (χ2v) is 6.48. The van der Waals surface area contributed by atoms with Crippen LogP contribution in [0.2, 0.25) is 5.02 Å². The number of nitrogens with zero attached hydrogens (tertiary/aromatic N) is 2. The quantitative estimate of drug-likeness (QED) is 0.650. The second kappa shape index (κ2) is 7.53. The molecule has 2 amide bonds. The van der Waals surface area contributed by atoms with Gasteiger partial charge in [0.15, 0.2) is 12.4 Å². The van der Waals surface area contributed by atoms with E-state index < -0.39 is 0 Å². The van der Waals surface area contributed by atoms with E-state index in [2.05, 4.69) is 5.32 Å². The van der Waals surface area contributed by atoms with Crippen molar-refractivity contribution in [1.82, 2.24) is 10.2 Å². The number of carbonyl (C=O) groups is 2. The predicted molar refractivity (Wildman–Crippen MR) is 93.0 cm³/mol. The lowest BCUT2D eigenvalue weighted by Crippen LogP contribution is -2.38. The molecule has 130 valence electrons. The van der Waals surface area contributed by atoms with Crippen LogP contribution in [0.3, 0.4) is 0 Å². The van der Waals surface area contributed by atoms with E-state index in [0.29, 0.717) is 29.3 Å². The van der Waals surface area contributed by atoms with Crippen LogP contribution in [-0.2, 0) is 11.2 Å². The topological polar surface area (TPSA) is 76.4 Å². The molecule has 6 nitrogen and oxygen atoms in total. The maximum atomic E-state index is 12.2. The maximum Gasteiger partial charge on any atom is 0.257 e. The van der Waals surface area contributed by atoms with E-state index in [4.69, 9.17) is 11.6 Å². The highest BCUT2D eigenvalue weighted by atomic mass is 35.5. The van der Waals surface area contributed by atoms with Crippen LogP contribution in [0.5, 0.6) is 0 Å². The molecule has 1 saturated heterocycles. The lowest BCUT2D eigenvalue weighted by molar-refractivity contribution is -0.605. The SMILES string of the molecule is O=C(N[C@H]1CC(=O)N(CCc2cccc(Cl)c2)C1)c1ccc[n+]([O-])c1. The predicted octanol–water partition coefficient (Wildman–Crippen LogP) is 1.55. The third-order valence-corrected chi connectivity index (χ3v) is 4.38. The molecule has 0 unspecified atom stereocenters. The van der Waals surface area contributed by atoms with Crippen molar-refractivity contribution in [1.29, 1.82) is 0 Å². The van der Waals surface area contributed by atoms with Crippen molar-refractivity contribution in [2.75, 3.05) is 13.1 Å². The molecule has 2 heterocycles. The van der Waals surface area contributed by atoms with E-state index in [1.807, 2.05) is 24.3 Å². The van der Waals surface area contributed by atoms with Crippen LogP contribution in [0.1, 0.15) is 22.3 Å². The largest absolute Gasteiger partial charge is 0.619 e. The number of halogens is 1. The molecule has 0 bridgehead atoms. The fraction of sp³-hybridized carbons (Fsp3) is 0.278. The number of likely N-dealkylation sites (tertiary alicyclic amines) is 1. The average Bonchev–Trinajstić information content (AvgIpc) is 2.92. The van der Waals surface area contributed by atoms with Crippen molar-refractivity contribution in [2.45, 2.75) is 18.9 Å². The number of nitrogens with one attached hydrogen (secondary N) is 1. The van der Waals surface area contributed by atoms with E-state index in [1.165, 1.54) is 18.5 Å². The van der Waals surface area contributed by atoms with E-state index in [1.54, 1.807) is 11.0 Å². The molecule has 2 aromatic rings. The van der Waals surface area contributed by atoms with Crippen molar-refractivity contribution in [2.24, 2.45) is 0 Å². The summed E-state index contributed by atoms with van der Waals surface area (Å²) in [6, 6.07) is 10.4. The molecule has 1 aliphatic heterocycles. The number of pyridine rings is 1. The summed E-state index contributed by atoms with van der Waals surface area (Å²) in [5, 5.41) is 14.7. The fourth-order valence-electron chi connectivity index (χ4n) is 2.90. The van der Waals surface area contributed by atoms with Gasteiger partial charge in [-0.1, -0.05) is 23.7 Å². The minimum Gasteiger partial charge on any atom is -0.619 e. The minimum absolute atomic E-state index is 0.0132. The Morgan fingerprint density at radius 1 is 1.36 bits per heavy atom. The monoisotopic (exact) mass is 359 g/mol. The molecule has 0 aliphatic carbocycles. The molecule has 1 aliphatic rings. The summed E-state index contributed by atoms with van der Waals surface area (Å²) in [4.78, 5) is 26.1. The zero-order chi connectivity index (χ0) is 17.8. The summed E-state index contributed by atoms with van der Waals surface area (Å²) in [6.45, 7) is 1.05. The summed E-state index contributed by atoms with van der Waals surface area (Å²) >= 11 is 5.97. The molecule has 1 N–H and O–H groups in total. The van der Waals surface area contributed by atoms with E-state index in [-0.39, 0.29) is 29.8 Å². The third-order valence-electron chi connectivity index (χ3n) is 4.15.